The average molecular weight is 451 g/mol. The molecule has 182 valence electrons. The number of nitrogens with one attached hydrogen (secondary N) is 1. The summed E-state index contributed by atoms with van der Waals surface area (Å²) in [5, 5.41) is 3.66. The topological polar surface area (TPSA) is 44.5 Å². The number of piperidine rings is 2. The van der Waals surface area contributed by atoms with Gasteiger partial charge >= 0.3 is 0 Å². The minimum Gasteiger partial charge on any atom is -0.330 e. The van der Waals surface area contributed by atoms with Gasteiger partial charge in [0.1, 0.15) is 0 Å². The second-order valence-corrected chi connectivity index (χ2v) is 9.56. The van der Waals surface area contributed by atoms with Crippen LogP contribution in [0.2, 0.25) is 0 Å². The van der Waals surface area contributed by atoms with Crippen LogP contribution in [-0.2, 0) is 6.42 Å². The van der Waals surface area contributed by atoms with E-state index in [2.05, 4.69) is 75.8 Å². The van der Waals surface area contributed by atoms with Gasteiger partial charge in [0, 0.05) is 19.1 Å². The van der Waals surface area contributed by atoms with Crippen LogP contribution in [0.25, 0.3) is 0 Å². The minimum absolute atomic E-state index is 0.436. The quantitative estimate of drug-likeness (QED) is 0.507. The Balaban J connectivity index is 0.000000194. The summed E-state index contributed by atoms with van der Waals surface area (Å²) in [6.07, 6.45) is 10.6. The van der Waals surface area contributed by atoms with Crippen molar-refractivity contribution in [2.75, 3.05) is 52.4 Å². The summed E-state index contributed by atoms with van der Waals surface area (Å²) in [7, 11) is 0. The summed E-state index contributed by atoms with van der Waals surface area (Å²) in [5.41, 5.74) is 8.45. The van der Waals surface area contributed by atoms with Crippen molar-refractivity contribution in [3.8, 4) is 0 Å². The second kappa shape index (κ2) is 16.0. The number of hydrogen-bond donors (Lipinski definition) is 2. The fourth-order valence-electron chi connectivity index (χ4n) is 4.87. The Hall–Kier alpha value is -1.72. The molecule has 0 amide bonds. The monoisotopic (exact) mass is 450 g/mol. The molecule has 0 bridgehead atoms. The van der Waals surface area contributed by atoms with Crippen LogP contribution in [-0.4, -0.2) is 62.2 Å². The molecule has 2 saturated heterocycles. The molecule has 33 heavy (non-hydrogen) atoms. The van der Waals surface area contributed by atoms with Crippen LogP contribution in [0.3, 0.4) is 0 Å². The van der Waals surface area contributed by atoms with Crippen LogP contribution in [0.1, 0.15) is 62.1 Å². The lowest BCUT2D eigenvalue weighted by molar-refractivity contribution is 0.205. The molecule has 3 N–H and O–H groups in total. The molecule has 4 rings (SSSR count). The highest BCUT2D eigenvalue weighted by atomic mass is 15.2. The molecule has 0 unspecified atom stereocenters. The molecule has 2 aromatic rings. The van der Waals surface area contributed by atoms with Crippen LogP contribution < -0.4 is 11.1 Å². The van der Waals surface area contributed by atoms with E-state index in [0.29, 0.717) is 6.04 Å². The molecule has 2 aromatic carbocycles. The summed E-state index contributed by atoms with van der Waals surface area (Å²) in [6, 6.07) is 22.0. The number of nitrogens with two attached hydrogens (primary N) is 1. The second-order valence-electron chi connectivity index (χ2n) is 9.56. The molecule has 0 saturated carbocycles. The third kappa shape index (κ3) is 10.4. The van der Waals surface area contributed by atoms with E-state index in [4.69, 9.17) is 5.73 Å². The number of nitrogens with zero attached hydrogens (tertiary/aromatic N) is 2. The Morgan fingerprint density at radius 2 is 1.30 bits per heavy atom. The third-order valence-electron chi connectivity index (χ3n) is 6.87. The summed E-state index contributed by atoms with van der Waals surface area (Å²) in [5.74, 6) is 0. The van der Waals surface area contributed by atoms with Gasteiger partial charge in [-0.15, -0.1) is 0 Å². The number of likely N-dealkylation sites (tertiary alicyclic amines) is 2. The number of hydrogen-bond acceptors (Lipinski definition) is 4. The lowest BCUT2D eigenvalue weighted by atomic mass is 10.0. The highest BCUT2D eigenvalue weighted by Gasteiger charge is 2.17. The van der Waals surface area contributed by atoms with Crippen molar-refractivity contribution in [2.45, 2.75) is 57.4 Å². The van der Waals surface area contributed by atoms with E-state index in [1.54, 1.807) is 0 Å². The smallest absolute Gasteiger partial charge is 0.0449 e. The van der Waals surface area contributed by atoms with E-state index < -0.39 is 0 Å². The molecular formula is C29H46N4. The average Bonchev–Trinajstić information content (AvgIpc) is 2.90. The molecule has 2 fully saturated rings. The van der Waals surface area contributed by atoms with E-state index in [0.717, 1.165) is 26.1 Å². The van der Waals surface area contributed by atoms with Gasteiger partial charge in [0.25, 0.3) is 0 Å². The first-order valence-electron chi connectivity index (χ1n) is 13.3. The maximum Gasteiger partial charge on any atom is 0.0449 e. The fourth-order valence-corrected chi connectivity index (χ4v) is 4.87. The largest absolute Gasteiger partial charge is 0.330 e. The maximum atomic E-state index is 5.59. The van der Waals surface area contributed by atoms with Crippen LogP contribution in [0, 0.1) is 0 Å². The first-order chi connectivity index (χ1) is 16.3. The predicted molar refractivity (Wildman–Crippen MR) is 142 cm³/mol. The molecule has 4 heteroatoms. The molecule has 0 spiro atoms. The van der Waals surface area contributed by atoms with Crippen molar-refractivity contribution in [2.24, 2.45) is 5.73 Å². The molecular weight excluding hydrogens is 404 g/mol. The van der Waals surface area contributed by atoms with Gasteiger partial charge in [-0.2, -0.15) is 0 Å². The summed E-state index contributed by atoms with van der Waals surface area (Å²) in [4.78, 5) is 5.19. The van der Waals surface area contributed by atoms with E-state index in [1.807, 2.05) is 0 Å². The first kappa shape index (κ1) is 25.9. The maximum absolute atomic E-state index is 5.59. The zero-order valence-electron chi connectivity index (χ0n) is 20.6. The van der Waals surface area contributed by atoms with Crippen molar-refractivity contribution in [3.63, 3.8) is 0 Å². The van der Waals surface area contributed by atoms with Gasteiger partial charge in [0.15, 0.2) is 0 Å². The van der Waals surface area contributed by atoms with E-state index >= 15 is 0 Å². The SMILES string of the molecule is NCCCN[C@@H](CN1CCCCC1)c1ccccc1.c1ccc(CCN2CCCCC2)cc1. The Bertz CT molecular complexity index is 709. The molecule has 2 heterocycles. The van der Waals surface area contributed by atoms with Crippen molar-refractivity contribution in [1.29, 1.82) is 0 Å². The van der Waals surface area contributed by atoms with Crippen LogP contribution in [0.4, 0.5) is 0 Å². The Morgan fingerprint density at radius 3 is 1.91 bits per heavy atom. The molecule has 0 radical (unpaired) electrons. The van der Waals surface area contributed by atoms with Gasteiger partial charge in [-0.25, -0.2) is 0 Å². The van der Waals surface area contributed by atoms with Crippen molar-refractivity contribution in [3.05, 3.63) is 71.8 Å². The van der Waals surface area contributed by atoms with Gasteiger partial charge < -0.3 is 20.9 Å². The fraction of sp³-hybridized carbons (Fsp3) is 0.586. The van der Waals surface area contributed by atoms with Gasteiger partial charge in [-0.3, -0.25) is 0 Å². The van der Waals surface area contributed by atoms with Gasteiger partial charge in [0.05, 0.1) is 0 Å². The molecule has 1 atom stereocenters. The van der Waals surface area contributed by atoms with Crippen molar-refractivity contribution >= 4 is 0 Å². The van der Waals surface area contributed by atoms with Crippen molar-refractivity contribution in [1.82, 2.24) is 15.1 Å². The standard InChI is InChI=1S/C16H27N3.C13H19N/c17-10-7-11-18-16(15-8-3-1-4-9-15)14-19-12-5-2-6-13-19;1-3-7-13(8-4-1)9-12-14-10-5-2-6-11-14/h1,3-4,8-9,16,18H,2,5-7,10-14,17H2;1,3-4,7-8H,2,5-6,9-12H2/t16-;/m0./s1. The highest BCUT2D eigenvalue weighted by Crippen LogP contribution is 2.17. The Labute approximate surface area is 202 Å². The number of benzene rings is 2. The zero-order chi connectivity index (χ0) is 23.0. The summed E-state index contributed by atoms with van der Waals surface area (Å²) < 4.78 is 0. The third-order valence-corrected chi connectivity index (χ3v) is 6.87. The van der Waals surface area contributed by atoms with Gasteiger partial charge in [-0.05, 0) is 88.9 Å². The van der Waals surface area contributed by atoms with Gasteiger partial charge in [-0.1, -0.05) is 73.5 Å². The lowest BCUT2D eigenvalue weighted by Crippen LogP contribution is -2.38. The van der Waals surface area contributed by atoms with Crippen LogP contribution >= 0.6 is 0 Å². The van der Waals surface area contributed by atoms with Crippen LogP contribution in [0.15, 0.2) is 60.7 Å². The Kier molecular flexibility index (Phi) is 12.6. The molecule has 0 aromatic heterocycles. The highest BCUT2D eigenvalue weighted by molar-refractivity contribution is 5.19. The number of rotatable bonds is 10. The van der Waals surface area contributed by atoms with Crippen molar-refractivity contribution < 1.29 is 0 Å². The Morgan fingerprint density at radius 1 is 0.727 bits per heavy atom. The van der Waals surface area contributed by atoms with E-state index in [1.165, 1.54) is 88.8 Å². The molecule has 2 aliphatic rings. The molecule has 4 nitrogen and oxygen atoms in total. The minimum atomic E-state index is 0.436. The normalized spacial score (nSPS) is 18.3. The van der Waals surface area contributed by atoms with E-state index in [9.17, 15) is 0 Å². The van der Waals surface area contributed by atoms with E-state index in [-0.39, 0.29) is 0 Å². The first-order valence-corrected chi connectivity index (χ1v) is 13.3. The van der Waals surface area contributed by atoms with Crippen LogP contribution in [0.5, 0.6) is 0 Å². The zero-order valence-corrected chi connectivity index (χ0v) is 20.6. The summed E-state index contributed by atoms with van der Waals surface area (Å²) in [6.45, 7) is 9.25. The molecule has 0 aliphatic carbocycles. The predicted octanol–water partition coefficient (Wildman–Crippen LogP) is 4.87. The lowest BCUT2D eigenvalue weighted by Gasteiger charge is -2.31. The summed E-state index contributed by atoms with van der Waals surface area (Å²) >= 11 is 0. The molecule has 2 aliphatic heterocycles. The van der Waals surface area contributed by atoms with Gasteiger partial charge in [0.2, 0.25) is 0 Å².